The maximum absolute atomic E-state index is 11.3. The molecule has 70 valence electrons. The van der Waals surface area contributed by atoms with E-state index in [1.165, 1.54) is 0 Å². The Morgan fingerprint density at radius 3 is 2.58 bits per heavy atom. The second kappa shape index (κ2) is 5.01. The lowest BCUT2D eigenvalue weighted by molar-refractivity contribution is -0.129. The summed E-state index contributed by atoms with van der Waals surface area (Å²) in [6.07, 6.45) is 2.19. The minimum atomic E-state index is 0.283. The number of hydrogen-bond donors (Lipinski definition) is 1. The van der Waals surface area contributed by atoms with Gasteiger partial charge in [-0.2, -0.15) is 0 Å². The first-order chi connectivity index (χ1) is 5.77. The quantitative estimate of drug-likeness (QED) is 0.595. The predicted octanol–water partition coefficient (Wildman–Crippen LogP) is 0.632. The van der Waals surface area contributed by atoms with Gasteiger partial charge in [-0.05, 0) is 19.9 Å². The highest BCUT2D eigenvalue weighted by Gasteiger charge is 2.20. The molecule has 0 aromatic rings. The van der Waals surface area contributed by atoms with Crippen molar-refractivity contribution in [3.05, 3.63) is 0 Å². The molecular weight excluding hydrogens is 267 g/mol. The molecule has 0 bridgehead atoms. The highest BCUT2D eigenvalue weighted by Crippen LogP contribution is 2.10. The zero-order chi connectivity index (χ0) is 8.97. The number of likely N-dealkylation sites (tertiary alicyclic amines) is 1. The third-order valence-electron chi connectivity index (χ3n) is 2.37. The van der Waals surface area contributed by atoms with Gasteiger partial charge in [0.1, 0.15) is 0 Å². The summed E-state index contributed by atoms with van der Waals surface area (Å²) in [7, 11) is 1.99. The molecule has 12 heavy (non-hydrogen) atoms. The smallest absolute Gasteiger partial charge is 0.232 e. The van der Waals surface area contributed by atoms with Crippen LogP contribution < -0.4 is 5.32 Å². The van der Waals surface area contributed by atoms with Gasteiger partial charge < -0.3 is 10.2 Å². The van der Waals surface area contributed by atoms with Crippen LogP contribution in [0.4, 0.5) is 0 Å². The average molecular weight is 282 g/mol. The van der Waals surface area contributed by atoms with Crippen LogP contribution in [0.25, 0.3) is 0 Å². The molecule has 1 aliphatic rings. The molecule has 1 aliphatic heterocycles. The number of rotatable bonds is 2. The Balaban J connectivity index is 2.30. The van der Waals surface area contributed by atoms with Crippen LogP contribution in [0.3, 0.4) is 0 Å². The Morgan fingerprint density at radius 2 is 2.17 bits per heavy atom. The van der Waals surface area contributed by atoms with Crippen molar-refractivity contribution in [2.24, 2.45) is 0 Å². The van der Waals surface area contributed by atoms with Crippen LogP contribution in [0.15, 0.2) is 0 Å². The number of nitrogens with one attached hydrogen (secondary N) is 1. The molecule has 4 heteroatoms. The number of alkyl halides is 1. The van der Waals surface area contributed by atoms with Gasteiger partial charge in [-0.25, -0.2) is 0 Å². The van der Waals surface area contributed by atoms with Gasteiger partial charge >= 0.3 is 0 Å². The first kappa shape index (κ1) is 10.2. The van der Waals surface area contributed by atoms with Crippen molar-refractivity contribution in [2.45, 2.75) is 18.9 Å². The van der Waals surface area contributed by atoms with E-state index in [2.05, 4.69) is 27.9 Å². The zero-order valence-corrected chi connectivity index (χ0v) is 9.50. The van der Waals surface area contributed by atoms with E-state index >= 15 is 0 Å². The summed E-state index contributed by atoms with van der Waals surface area (Å²) in [6.45, 7) is 1.85. The number of halogens is 1. The van der Waals surface area contributed by atoms with E-state index in [0.717, 1.165) is 25.9 Å². The molecule has 3 nitrogen and oxygen atoms in total. The maximum Gasteiger partial charge on any atom is 0.232 e. The van der Waals surface area contributed by atoms with Gasteiger partial charge in [0.25, 0.3) is 0 Å². The minimum Gasteiger partial charge on any atom is -0.342 e. The number of carbonyl (C=O) groups is 1. The molecule has 0 spiro atoms. The molecular formula is C8H15IN2O. The van der Waals surface area contributed by atoms with Crippen molar-refractivity contribution in [1.29, 1.82) is 0 Å². The summed E-state index contributed by atoms with van der Waals surface area (Å²) in [5.74, 6) is 0.283. The lowest BCUT2D eigenvalue weighted by Crippen LogP contribution is -2.44. The van der Waals surface area contributed by atoms with Gasteiger partial charge in [-0.1, -0.05) is 22.6 Å². The van der Waals surface area contributed by atoms with Gasteiger partial charge in [0.2, 0.25) is 5.91 Å². The van der Waals surface area contributed by atoms with Crippen molar-refractivity contribution >= 4 is 28.5 Å². The average Bonchev–Trinajstić information content (AvgIpc) is 2.17. The summed E-state index contributed by atoms with van der Waals surface area (Å²) >= 11 is 2.12. The molecule has 1 amide bonds. The highest BCUT2D eigenvalue weighted by atomic mass is 127. The van der Waals surface area contributed by atoms with Gasteiger partial charge in [-0.3, -0.25) is 4.79 Å². The third-order valence-corrected chi connectivity index (χ3v) is 3.02. The van der Waals surface area contributed by atoms with Gasteiger partial charge in [0, 0.05) is 19.1 Å². The molecule has 0 radical (unpaired) electrons. The molecule has 0 unspecified atom stereocenters. The van der Waals surface area contributed by atoms with Crippen LogP contribution in [-0.4, -0.2) is 41.4 Å². The first-order valence-corrected chi connectivity index (χ1v) is 5.81. The fourth-order valence-electron chi connectivity index (χ4n) is 1.50. The number of nitrogens with zero attached hydrogens (tertiary/aromatic N) is 1. The second-order valence-corrected chi connectivity index (χ2v) is 3.84. The monoisotopic (exact) mass is 282 g/mol. The molecule has 0 saturated carbocycles. The fraction of sp³-hybridized carbons (Fsp3) is 0.875. The van der Waals surface area contributed by atoms with E-state index in [-0.39, 0.29) is 5.91 Å². The standard InChI is InChI=1S/C8H15IN2O/c1-10-7-2-4-11(5-3-7)8(12)6-9/h7,10H,2-6H2,1H3. The van der Waals surface area contributed by atoms with E-state index < -0.39 is 0 Å². The number of piperidine rings is 1. The van der Waals surface area contributed by atoms with Crippen LogP contribution in [0.5, 0.6) is 0 Å². The summed E-state index contributed by atoms with van der Waals surface area (Å²) in [5, 5.41) is 3.24. The molecule has 1 saturated heterocycles. The molecule has 0 aliphatic carbocycles. The molecule has 1 N–H and O–H groups in total. The highest BCUT2D eigenvalue weighted by molar-refractivity contribution is 14.1. The van der Waals surface area contributed by atoms with Crippen molar-refractivity contribution in [3.8, 4) is 0 Å². The summed E-state index contributed by atoms with van der Waals surface area (Å²) in [4.78, 5) is 13.2. The molecule has 0 aromatic heterocycles. The van der Waals surface area contributed by atoms with Gasteiger partial charge in [-0.15, -0.1) is 0 Å². The fourth-order valence-corrected chi connectivity index (χ4v) is 1.98. The number of carbonyl (C=O) groups excluding carboxylic acids is 1. The summed E-state index contributed by atoms with van der Waals surface area (Å²) < 4.78 is 0.613. The third kappa shape index (κ3) is 2.58. The van der Waals surface area contributed by atoms with Crippen LogP contribution in [-0.2, 0) is 4.79 Å². The van der Waals surface area contributed by atoms with Crippen LogP contribution >= 0.6 is 22.6 Å². The topological polar surface area (TPSA) is 32.3 Å². The van der Waals surface area contributed by atoms with E-state index in [9.17, 15) is 4.79 Å². The lowest BCUT2D eigenvalue weighted by Gasteiger charge is -2.31. The Bertz CT molecular complexity index is 155. The molecule has 0 atom stereocenters. The SMILES string of the molecule is CNC1CCN(C(=O)CI)CC1. The van der Waals surface area contributed by atoms with Gasteiger partial charge in [0.05, 0.1) is 4.43 Å². The van der Waals surface area contributed by atoms with Crippen LogP contribution in [0.2, 0.25) is 0 Å². The number of hydrogen-bond acceptors (Lipinski definition) is 2. The Hall–Kier alpha value is 0.160. The predicted molar refractivity (Wildman–Crippen MR) is 57.5 cm³/mol. The molecule has 1 rings (SSSR count). The summed E-state index contributed by atoms with van der Waals surface area (Å²) in [6, 6.07) is 0.614. The van der Waals surface area contributed by atoms with Crippen molar-refractivity contribution < 1.29 is 4.79 Å². The Morgan fingerprint density at radius 1 is 1.58 bits per heavy atom. The van der Waals surface area contributed by atoms with Crippen LogP contribution in [0.1, 0.15) is 12.8 Å². The van der Waals surface area contributed by atoms with E-state index in [4.69, 9.17) is 0 Å². The Kier molecular flexibility index (Phi) is 4.28. The second-order valence-electron chi connectivity index (χ2n) is 3.08. The van der Waals surface area contributed by atoms with Crippen molar-refractivity contribution in [2.75, 3.05) is 24.6 Å². The largest absolute Gasteiger partial charge is 0.342 e. The maximum atomic E-state index is 11.3. The van der Waals surface area contributed by atoms with Crippen molar-refractivity contribution in [3.63, 3.8) is 0 Å². The Labute approximate surface area is 87.0 Å². The number of amides is 1. The van der Waals surface area contributed by atoms with E-state index in [1.54, 1.807) is 0 Å². The molecule has 0 aromatic carbocycles. The van der Waals surface area contributed by atoms with E-state index in [1.807, 2.05) is 11.9 Å². The minimum absolute atomic E-state index is 0.283. The normalized spacial score (nSPS) is 19.7. The van der Waals surface area contributed by atoms with Gasteiger partial charge in [0.15, 0.2) is 0 Å². The van der Waals surface area contributed by atoms with Crippen LogP contribution in [0, 0.1) is 0 Å². The lowest BCUT2D eigenvalue weighted by atomic mass is 10.1. The zero-order valence-electron chi connectivity index (χ0n) is 7.35. The van der Waals surface area contributed by atoms with Crippen molar-refractivity contribution in [1.82, 2.24) is 10.2 Å². The molecule has 1 heterocycles. The molecule has 1 fully saturated rings. The first-order valence-electron chi connectivity index (χ1n) is 4.29. The van der Waals surface area contributed by atoms with E-state index in [0.29, 0.717) is 10.5 Å². The summed E-state index contributed by atoms with van der Waals surface area (Å²) in [5.41, 5.74) is 0.